The van der Waals surface area contributed by atoms with E-state index >= 15 is 0 Å². The molecule has 0 amide bonds. The molecule has 1 aromatic heterocycles. The van der Waals surface area contributed by atoms with E-state index in [1.54, 1.807) is 6.20 Å². The standard InChI is InChI=1S/C8H10N/c1-3-8-7(2)5-4-6-9-8/h4-6H,1,3H2,2H3. The van der Waals surface area contributed by atoms with Crippen LogP contribution in [0.4, 0.5) is 0 Å². The van der Waals surface area contributed by atoms with Crippen molar-refractivity contribution >= 4 is 0 Å². The number of hydrogen-bond donors (Lipinski definition) is 0. The lowest BCUT2D eigenvalue weighted by Crippen LogP contribution is -1.88. The summed E-state index contributed by atoms with van der Waals surface area (Å²) < 4.78 is 0. The number of hydrogen-bond acceptors (Lipinski definition) is 1. The van der Waals surface area contributed by atoms with Gasteiger partial charge in [-0.25, -0.2) is 0 Å². The van der Waals surface area contributed by atoms with Crippen molar-refractivity contribution in [2.45, 2.75) is 13.3 Å². The summed E-state index contributed by atoms with van der Waals surface area (Å²) in [6.45, 7) is 5.80. The molecule has 0 atom stereocenters. The van der Waals surface area contributed by atoms with Crippen molar-refractivity contribution in [3.05, 3.63) is 36.5 Å². The largest absolute Gasteiger partial charge is 0.261 e. The monoisotopic (exact) mass is 120 g/mol. The minimum Gasteiger partial charge on any atom is -0.261 e. The van der Waals surface area contributed by atoms with Gasteiger partial charge in [0.25, 0.3) is 0 Å². The topological polar surface area (TPSA) is 12.9 Å². The summed E-state index contributed by atoms with van der Waals surface area (Å²) in [5, 5.41) is 0. The maximum absolute atomic E-state index is 4.13. The minimum absolute atomic E-state index is 0.784. The molecule has 1 heterocycles. The second kappa shape index (κ2) is 2.62. The fraction of sp³-hybridized carbons (Fsp3) is 0.250. The first-order chi connectivity index (χ1) is 4.34. The molecular weight excluding hydrogens is 110 g/mol. The average Bonchev–Trinajstić information content (AvgIpc) is 1.89. The van der Waals surface area contributed by atoms with Gasteiger partial charge in [0, 0.05) is 11.9 Å². The average molecular weight is 120 g/mol. The number of pyridine rings is 1. The lowest BCUT2D eigenvalue weighted by Gasteiger charge is -1.97. The van der Waals surface area contributed by atoms with Gasteiger partial charge in [-0.05, 0) is 31.9 Å². The van der Waals surface area contributed by atoms with E-state index in [4.69, 9.17) is 0 Å². The Kier molecular flexibility index (Phi) is 1.83. The third-order valence-corrected chi connectivity index (χ3v) is 1.35. The molecule has 0 saturated carbocycles. The van der Waals surface area contributed by atoms with Crippen molar-refractivity contribution in [1.29, 1.82) is 0 Å². The molecule has 1 rings (SSSR count). The smallest absolute Gasteiger partial charge is 0.0432 e. The van der Waals surface area contributed by atoms with Crippen molar-refractivity contribution in [2.24, 2.45) is 0 Å². The fourth-order valence-electron chi connectivity index (χ4n) is 0.780. The molecule has 0 aliphatic heterocycles. The van der Waals surface area contributed by atoms with Crippen LogP contribution in [0.25, 0.3) is 0 Å². The zero-order valence-corrected chi connectivity index (χ0v) is 5.59. The Bertz CT molecular complexity index is 194. The van der Waals surface area contributed by atoms with E-state index in [1.165, 1.54) is 5.56 Å². The molecule has 1 heteroatoms. The van der Waals surface area contributed by atoms with Crippen molar-refractivity contribution in [2.75, 3.05) is 0 Å². The number of aromatic nitrogens is 1. The maximum Gasteiger partial charge on any atom is 0.0432 e. The maximum atomic E-state index is 4.13. The molecule has 0 unspecified atom stereocenters. The summed E-state index contributed by atoms with van der Waals surface area (Å²) in [7, 11) is 0. The molecule has 0 fully saturated rings. The lowest BCUT2D eigenvalue weighted by molar-refractivity contribution is 1.07. The molecule has 1 aromatic rings. The van der Waals surface area contributed by atoms with Crippen LogP contribution >= 0.6 is 0 Å². The highest BCUT2D eigenvalue weighted by Crippen LogP contribution is 2.01. The first-order valence-corrected chi connectivity index (χ1v) is 3.04. The Hall–Kier alpha value is -0.850. The molecule has 0 aromatic carbocycles. The summed E-state index contributed by atoms with van der Waals surface area (Å²) in [6.07, 6.45) is 2.58. The predicted octanol–water partition coefficient (Wildman–Crippen LogP) is 1.77. The van der Waals surface area contributed by atoms with Crippen LogP contribution in [-0.2, 0) is 6.42 Å². The second-order valence-electron chi connectivity index (χ2n) is 2.02. The highest BCUT2D eigenvalue weighted by Gasteiger charge is 1.91. The van der Waals surface area contributed by atoms with E-state index < -0.39 is 0 Å². The SMILES string of the molecule is [CH2]Cc1ncccc1C. The highest BCUT2D eigenvalue weighted by atomic mass is 14.7. The quantitative estimate of drug-likeness (QED) is 0.550. The van der Waals surface area contributed by atoms with Gasteiger partial charge < -0.3 is 0 Å². The van der Waals surface area contributed by atoms with Gasteiger partial charge in [-0.2, -0.15) is 0 Å². The molecule has 0 aliphatic carbocycles. The van der Waals surface area contributed by atoms with Crippen molar-refractivity contribution in [3.8, 4) is 0 Å². The van der Waals surface area contributed by atoms with Gasteiger partial charge in [0.15, 0.2) is 0 Å². The van der Waals surface area contributed by atoms with E-state index in [9.17, 15) is 0 Å². The Morgan fingerprint density at radius 3 is 2.89 bits per heavy atom. The summed E-state index contributed by atoms with van der Waals surface area (Å²) >= 11 is 0. The third-order valence-electron chi connectivity index (χ3n) is 1.35. The molecule has 1 nitrogen and oxygen atoms in total. The van der Waals surface area contributed by atoms with Gasteiger partial charge in [-0.3, -0.25) is 4.98 Å². The van der Waals surface area contributed by atoms with Crippen LogP contribution in [0.5, 0.6) is 0 Å². The molecule has 0 bridgehead atoms. The van der Waals surface area contributed by atoms with E-state index in [2.05, 4.69) is 11.9 Å². The predicted molar refractivity (Wildman–Crippen MR) is 38.0 cm³/mol. The number of nitrogens with zero attached hydrogens (tertiary/aromatic N) is 1. The van der Waals surface area contributed by atoms with Gasteiger partial charge in [0.1, 0.15) is 0 Å². The number of rotatable bonds is 1. The van der Waals surface area contributed by atoms with Crippen molar-refractivity contribution in [1.82, 2.24) is 4.98 Å². The first kappa shape index (κ1) is 6.27. The van der Waals surface area contributed by atoms with E-state index in [1.807, 2.05) is 19.1 Å². The first-order valence-electron chi connectivity index (χ1n) is 3.04. The van der Waals surface area contributed by atoms with Crippen LogP contribution in [-0.4, -0.2) is 4.98 Å². The van der Waals surface area contributed by atoms with Gasteiger partial charge in [0.2, 0.25) is 0 Å². The second-order valence-corrected chi connectivity index (χ2v) is 2.02. The van der Waals surface area contributed by atoms with Crippen molar-refractivity contribution in [3.63, 3.8) is 0 Å². The molecular formula is C8H10N. The normalized spacial score (nSPS) is 9.56. The Morgan fingerprint density at radius 1 is 1.67 bits per heavy atom. The third kappa shape index (κ3) is 1.28. The van der Waals surface area contributed by atoms with Crippen LogP contribution in [0.15, 0.2) is 18.3 Å². The molecule has 1 radical (unpaired) electrons. The van der Waals surface area contributed by atoms with Crippen LogP contribution in [0.2, 0.25) is 0 Å². The summed E-state index contributed by atoms with van der Waals surface area (Å²) in [5.41, 5.74) is 2.32. The van der Waals surface area contributed by atoms with Gasteiger partial charge in [0.05, 0.1) is 0 Å². The minimum atomic E-state index is 0.784. The fourth-order valence-corrected chi connectivity index (χ4v) is 0.780. The van der Waals surface area contributed by atoms with Gasteiger partial charge in [-0.15, -0.1) is 0 Å². The zero-order chi connectivity index (χ0) is 6.69. The van der Waals surface area contributed by atoms with Crippen LogP contribution < -0.4 is 0 Å². The molecule has 0 saturated heterocycles. The summed E-state index contributed by atoms with van der Waals surface area (Å²) in [6, 6.07) is 3.99. The molecule has 0 aliphatic rings. The van der Waals surface area contributed by atoms with Gasteiger partial charge >= 0.3 is 0 Å². The number of aryl methyl sites for hydroxylation is 1. The molecule has 0 spiro atoms. The van der Waals surface area contributed by atoms with Crippen LogP contribution in [0, 0.1) is 13.8 Å². The molecule has 47 valence electrons. The van der Waals surface area contributed by atoms with Crippen molar-refractivity contribution < 1.29 is 0 Å². The summed E-state index contributed by atoms with van der Waals surface area (Å²) in [5.74, 6) is 0. The molecule has 9 heavy (non-hydrogen) atoms. The Balaban J connectivity index is 3.01. The van der Waals surface area contributed by atoms with Crippen LogP contribution in [0.1, 0.15) is 11.3 Å². The summed E-state index contributed by atoms with van der Waals surface area (Å²) in [4.78, 5) is 4.13. The molecule has 0 N–H and O–H groups in total. The zero-order valence-electron chi connectivity index (χ0n) is 5.59. The van der Waals surface area contributed by atoms with E-state index in [-0.39, 0.29) is 0 Å². The lowest BCUT2D eigenvalue weighted by atomic mass is 10.2. The van der Waals surface area contributed by atoms with Gasteiger partial charge in [-0.1, -0.05) is 6.07 Å². The van der Waals surface area contributed by atoms with Crippen LogP contribution in [0.3, 0.4) is 0 Å². The van der Waals surface area contributed by atoms with E-state index in [0.717, 1.165) is 12.1 Å². The van der Waals surface area contributed by atoms with E-state index in [0.29, 0.717) is 0 Å². The Morgan fingerprint density at radius 2 is 2.44 bits per heavy atom. The Labute approximate surface area is 55.7 Å². The highest BCUT2D eigenvalue weighted by molar-refractivity contribution is 5.17.